The van der Waals surface area contributed by atoms with Crippen LogP contribution >= 0.6 is 0 Å². The highest BCUT2D eigenvalue weighted by Gasteiger charge is 2.15. The van der Waals surface area contributed by atoms with E-state index >= 15 is 0 Å². The molecule has 43 heavy (non-hydrogen) atoms. The first-order valence-electron chi connectivity index (χ1n) is 15.1. The average Bonchev–Trinajstić information content (AvgIpc) is 3.54. The third-order valence-electron chi connectivity index (χ3n) is 9.00. The van der Waals surface area contributed by atoms with Gasteiger partial charge in [0.05, 0.1) is 11.0 Å². The Kier molecular flexibility index (Phi) is 5.87. The Bertz CT molecular complexity index is 2280. The van der Waals surface area contributed by atoms with Crippen molar-refractivity contribution in [1.82, 2.24) is 9.13 Å². The van der Waals surface area contributed by atoms with Crippen molar-refractivity contribution in [2.75, 3.05) is 11.4 Å². The van der Waals surface area contributed by atoms with Gasteiger partial charge in [-0.1, -0.05) is 66.2 Å². The van der Waals surface area contributed by atoms with Gasteiger partial charge in [0.15, 0.2) is 0 Å². The standard InChI is InChI=1S/C40H33N3/c1-4-42(30-17-13-27(2)14-18-30)31-19-21-32(22-20-31)43-39-12-8-6-10-34(39)36-26-29(16-24-40(36)43)28-15-23-38-35(25-28)33-9-5-7-11-37(33)41(38)3/h5-26H,4H2,1-3H3. The third kappa shape index (κ3) is 4.04. The van der Waals surface area contributed by atoms with Crippen LogP contribution in [0.5, 0.6) is 0 Å². The minimum atomic E-state index is 0.908. The van der Waals surface area contributed by atoms with Crippen molar-refractivity contribution in [2.45, 2.75) is 13.8 Å². The summed E-state index contributed by atoms with van der Waals surface area (Å²) in [4.78, 5) is 2.36. The molecule has 8 rings (SSSR count). The Labute approximate surface area is 251 Å². The number of hydrogen-bond acceptors (Lipinski definition) is 1. The zero-order chi connectivity index (χ0) is 29.1. The molecule has 0 saturated heterocycles. The van der Waals surface area contributed by atoms with Gasteiger partial charge in [0.2, 0.25) is 0 Å². The van der Waals surface area contributed by atoms with E-state index < -0.39 is 0 Å². The summed E-state index contributed by atoms with van der Waals surface area (Å²) in [6.45, 7) is 5.24. The number of aryl methyl sites for hydroxylation is 2. The molecule has 8 aromatic rings. The average molecular weight is 556 g/mol. The Morgan fingerprint density at radius 1 is 0.512 bits per heavy atom. The second-order valence-electron chi connectivity index (χ2n) is 11.5. The van der Waals surface area contributed by atoms with E-state index in [1.165, 1.54) is 77.4 Å². The van der Waals surface area contributed by atoms with Gasteiger partial charge < -0.3 is 14.0 Å². The molecule has 0 radical (unpaired) electrons. The van der Waals surface area contributed by atoms with Crippen LogP contribution < -0.4 is 4.90 Å². The number of benzene rings is 6. The predicted molar refractivity (Wildman–Crippen MR) is 184 cm³/mol. The van der Waals surface area contributed by atoms with E-state index in [0.29, 0.717) is 0 Å². The molecule has 208 valence electrons. The minimum absolute atomic E-state index is 0.908. The van der Waals surface area contributed by atoms with Gasteiger partial charge in [-0.3, -0.25) is 0 Å². The van der Waals surface area contributed by atoms with E-state index in [9.17, 15) is 0 Å². The highest BCUT2D eigenvalue weighted by atomic mass is 15.1. The van der Waals surface area contributed by atoms with Crippen molar-refractivity contribution in [2.24, 2.45) is 7.05 Å². The van der Waals surface area contributed by atoms with E-state index in [-0.39, 0.29) is 0 Å². The summed E-state index contributed by atoms with van der Waals surface area (Å²) in [5.74, 6) is 0. The maximum Gasteiger partial charge on any atom is 0.0541 e. The quantitative estimate of drug-likeness (QED) is 0.206. The molecule has 0 atom stereocenters. The molecule has 0 saturated carbocycles. The fourth-order valence-electron chi connectivity index (χ4n) is 6.80. The Balaban J connectivity index is 1.24. The second-order valence-corrected chi connectivity index (χ2v) is 11.5. The number of aromatic nitrogens is 2. The summed E-state index contributed by atoms with van der Waals surface area (Å²) in [5, 5.41) is 5.13. The summed E-state index contributed by atoms with van der Waals surface area (Å²) in [6.07, 6.45) is 0. The topological polar surface area (TPSA) is 13.1 Å². The lowest BCUT2D eigenvalue weighted by Crippen LogP contribution is -2.15. The van der Waals surface area contributed by atoms with Crippen LogP contribution in [0.25, 0.3) is 60.4 Å². The van der Waals surface area contributed by atoms with Gasteiger partial charge in [-0.2, -0.15) is 0 Å². The lowest BCUT2D eigenvalue weighted by Gasteiger charge is -2.24. The van der Waals surface area contributed by atoms with Crippen molar-refractivity contribution in [3.8, 4) is 16.8 Å². The summed E-state index contributed by atoms with van der Waals surface area (Å²) >= 11 is 0. The molecule has 2 aromatic heterocycles. The van der Waals surface area contributed by atoms with E-state index in [0.717, 1.165) is 6.54 Å². The maximum atomic E-state index is 2.40. The van der Waals surface area contributed by atoms with E-state index in [1.807, 2.05) is 0 Å². The largest absolute Gasteiger partial charge is 0.344 e. The Morgan fingerprint density at radius 3 is 1.65 bits per heavy atom. The molecule has 0 bridgehead atoms. The number of anilines is 2. The second kappa shape index (κ2) is 9.92. The molecule has 0 unspecified atom stereocenters. The first-order valence-corrected chi connectivity index (χ1v) is 15.1. The molecule has 3 nitrogen and oxygen atoms in total. The van der Waals surface area contributed by atoms with Gasteiger partial charge in [-0.05, 0) is 97.8 Å². The third-order valence-corrected chi connectivity index (χ3v) is 9.00. The molecule has 6 aromatic carbocycles. The molecule has 0 N–H and O–H groups in total. The van der Waals surface area contributed by atoms with Gasteiger partial charge in [-0.15, -0.1) is 0 Å². The number of rotatable bonds is 5. The first-order chi connectivity index (χ1) is 21.1. The van der Waals surface area contributed by atoms with Crippen LogP contribution in [0.3, 0.4) is 0 Å². The van der Waals surface area contributed by atoms with Crippen molar-refractivity contribution in [1.29, 1.82) is 0 Å². The van der Waals surface area contributed by atoms with Crippen LogP contribution in [0.15, 0.2) is 133 Å². The fraction of sp³-hybridized carbons (Fsp3) is 0.100. The summed E-state index contributed by atoms with van der Waals surface area (Å²) in [5.41, 5.74) is 12.3. The number of hydrogen-bond donors (Lipinski definition) is 0. The zero-order valence-electron chi connectivity index (χ0n) is 24.8. The summed E-state index contributed by atoms with van der Waals surface area (Å²) in [6, 6.07) is 49.0. The first kappa shape index (κ1) is 25.4. The molecule has 3 heteroatoms. The molecule has 2 heterocycles. The Hall–Kier alpha value is -5.28. The molecular weight excluding hydrogens is 522 g/mol. The Morgan fingerprint density at radius 2 is 1.00 bits per heavy atom. The highest BCUT2D eigenvalue weighted by Crippen LogP contribution is 2.37. The normalized spacial score (nSPS) is 11.7. The van der Waals surface area contributed by atoms with Crippen LogP contribution in [-0.4, -0.2) is 15.7 Å². The molecular formula is C40H33N3. The van der Waals surface area contributed by atoms with Gasteiger partial charge in [0.1, 0.15) is 0 Å². The summed E-state index contributed by atoms with van der Waals surface area (Å²) in [7, 11) is 2.15. The SMILES string of the molecule is CCN(c1ccc(C)cc1)c1ccc(-n2c3ccccc3c3cc(-c4ccc5c(c4)c4ccccc4n5C)ccc32)cc1. The minimum Gasteiger partial charge on any atom is -0.344 e. The van der Waals surface area contributed by atoms with Crippen molar-refractivity contribution in [3.05, 3.63) is 139 Å². The van der Waals surface area contributed by atoms with E-state index in [2.05, 4.69) is 168 Å². The molecule has 0 fully saturated rings. The van der Waals surface area contributed by atoms with E-state index in [4.69, 9.17) is 0 Å². The monoisotopic (exact) mass is 555 g/mol. The summed E-state index contributed by atoms with van der Waals surface area (Å²) < 4.78 is 4.69. The van der Waals surface area contributed by atoms with Gasteiger partial charge in [-0.25, -0.2) is 0 Å². The number of fused-ring (bicyclic) bond motifs is 6. The van der Waals surface area contributed by atoms with Gasteiger partial charge in [0, 0.05) is 63.2 Å². The van der Waals surface area contributed by atoms with Crippen molar-refractivity contribution < 1.29 is 0 Å². The number of nitrogens with zero attached hydrogens (tertiary/aromatic N) is 3. The van der Waals surface area contributed by atoms with Gasteiger partial charge in [0.25, 0.3) is 0 Å². The predicted octanol–water partition coefficient (Wildman–Crippen LogP) is 10.6. The lowest BCUT2D eigenvalue weighted by molar-refractivity contribution is 1.01. The van der Waals surface area contributed by atoms with Crippen molar-refractivity contribution >= 4 is 55.0 Å². The van der Waals surface area contributed by atoms with Crippen LogP contribution in [0.2, 0.25) is 0 Å². The fourth-order valence-corrected chi connectivity index (χ4v) is 6.80. The number of para-hydroxylation sites is 2. The van der Waals surface area contributed by atoms with Crippen LogP contribution in [0.1, 0.15) is 12.5 Å². The molecule has 0 amide bonds. The van der Waals surface area contributed by atoms with Crippen LogP contribution in [0, 0.1) is 6.92 Å². The molecule has 0 spiro atoms. The van der Waals surface area contributed by atoms with Crippen LogP contribution in [0.4, 0.5) is 11.4 Å². The zero-order valence-corrected chi connectivity index (χ0v) is 24.8. The molecule has 0 aliphatic heterocycles. The maximum absolute atomic E-state index is 2.40. The molecule has 0 aliphatic rings. The van der Waals surface area contributed by atoms with Crippen molar-refractivity contribution in [3.63, 3.8) is 0 Å². The lowest BCUT2D eigenvalue weighted by atomic mass is 10.0. The van der Waals surface area contributed by atoms with Gasteiger partial charge >= 0.3 is 0 Å². The smallest absolute Gasteiger partial charge is 0.0541 e. The molecule has 0 aliphatic carbocycles. The van der Waals surface area contributed by atoms with Crippen LogP contribution in [-0.2, 0) is 7.05 Å². The highest BCUT2D eigenvalue weighted by molar-refractivity contribution is 6.12. The van der Waals surface area contributed by atoms with E-state index in [1.54, 1.807) is 0 Å².